The fraction of sp³-hybridized carbons (Fsp3) is 0.938. The van der Waals surface area contributed by atoms with Crippen LogP contribution in [0.2, 0.25) is 0 Å². The van der Waals surface area contributed by atoms with Gasteiger partial charge < -0.3 is 9.47 Å². The largest absolute Gasteiger partial charge is 0.462 e. The molecule has 1 unspecified atom stereocenters. The van der Waals surface area contributed by atoms with Gasteiger partial charge in [-0.05, 0) is 38.1 Å². The number of carbonyl (C=O) groups excluding carboxylic acids is 1. The molecule has 4 aliphatic heterocycles. The van der Waals surface area contributed by atoms with Crippen LogP contribution in [-0.2, 0) is 14.3 Å². The van der Waals surface area contributed by atoms with Gasteiger partial charge in [0.25, 0.3) is 0 Å². The van der Waals surface area contributed by atoms with Crippen molar-refractivity contribution in [1.29, 1.82) is 0 Å². The standard InChI is InChI=1S/C16H21NO3/c1-8-6-15-9-3-2-4-17(15)7-12-13(19-12)16(8,15)10-5-11(9)20-14(10)18/h8-13H,2-7H2,1H3/t8-,9-,10-,11-,12-,13-,15+,16?/m1/s1. The Morgan fingerprint density at radius 1 is 1.35 bits per heavy atom. The Morgan fingerprint density at radius 3 is 3.10 bits per heavy atom. The van der Waals surface area contributed by atoms with E-state index in [1.54, 1.807) is 0 Å². The number of nitrogens with zero attached hydrogens (tertiary/aromatic N) is 1. The van der Waals surface area contributed by atoms with Gasteiger partial charge in [-0.3, -0.25) is 9.69 Å². The number of hydrogen-bond acceptors (Lipinski definition) is 4. The van der Waals surface area contributed by atoms with Crippen molar-refractivity contribution in [3.63, 3.8) is 0 Å². The molecule has 2 bridgehead atoms. The first kappa shape index (κ1) is 11.0. The third-order valence-electron chi connectivity index (χ3n) is 7.80. The lowest BCUT2D eigenvalue weighted by Crippen LogP contribution is -2.84. The van der Waals surface area contributed by atoms with Crippen LogP contribution in [-0.4, -0.2) is 47.8 Å². The number of fused-ring (bicyclic) bond motifs is 4. The van der Waals surface area contributed by atoms with Crippen LogP contribution in [0.25, 0.3) is 0 Å². The van der Waals surface area contributed by atoms with E-state index < -0.39 is 0 Å². The molecule has 0 N–H and O–H groups in total. The monoisotopic (exact) mass is 275 g/mol. The zero-order chi connectivity index (χ0) is 13.3. The first-order valence-corrected chi connectivity index (χ1v) is 8.30. The molecule has 0 aromatic rings. The van der Waals surface area contributed by atoms with Crippen molar-refractivity contribution < 1.29 is 14.3 Å². The molecule has 8 atom stereocenters. The molecule has 0 amide bonds. The molecule has 6 fully saturated rings. The van der Waals surface area contributed by atoms with Gasteiger partial charge in [0.2, 0.25) is 0 Å². The van der Waals surface area contributed by atoms with E-state index in [-0.39, 0.29) is 28.9 Å². The molecular formula is C16H21NO3. The van der Waals surface area contributed by atoms with E-state index in [4.69, 9.17) is 9.47 Å². The molecule has 2 aliphatic carbocycles. The van der Waals surface area contributed by atoms with E-state index in [1.807, 2.05) is 0 Å². The molecule has 4 nitrogen and oxygen atoms in total. The minimum Gasteiger partial charge on any atom is -0.462 e. The van der Waals surface area contributed by atoms with Crippen molar-refractivity contribution in [2.45, 2.75) is 56.5 Å². The summed E-state index contributed by atoms with van der Waals surface area (Å²) < 4.78 is 11.9. The van der Waals surface area contributed by atoms with E-state index >= 15 is 0 Å². The Balaban J connectivity index is 1.63. The van der Waals surface area contributed by atoms with Gasteiger partial charge in [0, 0.05) is 23.4 Å². The van der Waals surface area contributed by atoms with E-state index in [1.165, 1.54) is 25.8 Å². The Morgan fingerprint density at radius 2 is 2.25 bits per heavy atom. The van der Waals surface area contributed by atoms with Gasteiger partial charge in [-0.2, -0.15) is 0 Å². The molecule has 20 heavy (non-hydrogen) atoms. The Labute approximate surface area is 118 Å². The molecule has 4 heteroatoms. The summed E-state index contributed by atoms with van der Waals surface area (Å²) in [7, 11) is 0. The average Bonchev–Trinajstić information content (AvgIpc) is 3.08. The summed E-state index contributed by atoms with van der Waals surface area (Å²) in [6, 6.07) is 0. The minimum atomic E-state index is 0.0884. The third kappa shape index (κ3) is 0.822. The first-order valence-electron chi connectivity index (χ1n) is 8.30. The molecule has 2 saturated carbocycles. The Hall–Kier alpha value is -0.610. The zero-order valence-corrected chi connectivity index (χ0v) is 11.9. The zero-order valence-electron chi connectivity index (χ0n) is 11.9. The predicted octanol–water partition coefficient (Wildman–Crippen LogP) is 1.19. The van der Waals surface area contributed by atoms with Crippen LogP contribution in [0.4, 0.5) is 0 Å². The van der Waals surface area contributed by atoms with Crippen molar-refractivity contribution in [3.05, 3.63) is 0 Å². The van der Waals surface area contributed by atoms with Gasteiger partial charge in [-0.1, -0.05) is 6.92 Å². The topological polar surface area (TPSA) is 42.1 Å². The molecule has 6 rings (SSSR count). The van der Waals surface area contributed by atoms with Gasteiger partial charge in [-0.15, -0.1) is 0 Å². The van der Waals surface area contributed by atoms with Crippen LogP contribution in [0.15, 0.2) is 0 Å². The first-order chi connectivity index (χ1) is 9.69. The number of carbonyl (C=O) groups is 1. The molecule has 4 saturated heterocycles. The molecule has 108 valence electrons. The van der Waals surface area contributed by atoms with Crippen molar-refractivity contribution in [2.24, 2.45) is 23.2 Å². The summed E-state index contributed by atoms with van der Waals surface area (Å²) in [4.78, 5) is 15.2. The number of hydrogen-bond donors (Lipinski definition) is 0. The van der Waals surface area contributed by atoms with E-state index in [9.17, 15) is 4.79 Å². The summed E-state index contributed by atoms with van der Waals surface area (Å²) >= 11 is 0. The molecular weight excluding hydrogens is 254 g/mol. The highest BCUT2D eigenvalue weighted by Gasteiger charge is 2.86. The molecule has 1 spiro atoms. The summed E-state index contributed by atoms with van der Waals surface area (Å²) in [5.41, 5.74) is 0.327. The molecule has 0 aromatic heterocycles. The highest BCUT2D eigenvalue weighted by molar-refractivity contribution is 5.78. The molecule has 6 aliphatic rings. The quantitative estimate of drug-likeness (QED) is 0.492. The minimum absolute atomic E-state index is 0.0884. The van der Waals surface area contributed by atoms with E-state index in [0.717, 1.165) is 13.0 Å². The number of rotatable bonds is 0. The second kappa shape index (κ2) is 2.95. The van der Waals surface area contributed by atoms with Crippen LogP contribution < -0.4 is 0 Å². The number of ether oxygens (including phenoxy) is 2. The second-order valence-corrected chi connectivity index (χ2v) is 8.02. The maximum Gasteiger partial charge on any atom is 0.310 e. The number of piperidine rings is 2. The normalized spacial score (nSPS) is 65.5. The Kier molecular flexibility index (Phi) is 1.63. The summed E-state index contributed by atoms with van der Waals surface area (Å²) in [6.07, 6.45) is 5.67. The highest BCUT2D eigenvalue weighted by atomic mass is 16.6. The third-order valence-corrected chi connectivity index (χ3v) is 7.80. The van der Waals surface area contributed by atoms with Crippen LogP contribution in [0.1, 0.15) is 32.6 Å². The van der Waals surface area contributed by atoms with Crippen LogP contribution in [0.5, 0.6) is 0 Å². The summed E-state index contributed by atoms with van der Waals surface area (Å²) in [5.74, 6) is 1.38. The maximum absolute atomic E-state index is 12.5. The maximum atomic E-state index is 12.5. The number of epoxide rings is 1. The predicted molar refractivity (Wildman–Crippen MR) is 69.9 cm³/mol. The van der Waals surface area contributed by atoms with Gasteiger partial charge >= 0.3 is 5.97 Å². The summed E-state index contributed by atoms with van der Waals surface area (Å²) in [5, 5.41) is 0. The van der Waals surface area contributed by atoms with Crippen LogP contribution in [0, 0.1) is 23.2 Å². The smallest absolute Gasteiger partial charge is 0.310 e. The molecule has 4 heterocycles. The van der Waals surface area contributed by atoms with Crippen LogP contribution in [0.3, 0.4) is 0 Å². The van der Waals surface area contributed by atoms with Crippen molar-refractivity contribution in [3.8, 4) is 0 Å². The fourth-order valence-corrected chi connectivity index (χ4v) is 7.44. The summed E-state index contributed by atoms with van der Waals surface area (Å²) in [6.45, 7) is 4.65. The molecule has 0 radical (unpaired) electrons. The van der Waals surface area contributed by atoms with E-state index in [0.29, 0.717) is 24.0 Å². The lowest BCUT2D eigenvalue weighted by Gasteiger charge is -2.75. The fourth-order valence-electron chi connectivity index (χ4n) is 7.44. The number of esters is 1. The Bertz CT molecular complexity index is 536. The highest BCUT2D eigenvalue weighted by Crippen LogP contribution is 2.78. The van der Waals surface area contributed by atoms with Crippen molar-refractivity contribution in [2.75, 3.05) is 13.1 Å². The van der Waals surface area contributed by atoms with Crippen molar-refractivity contribution in [1.82, 2.24) is 4.90 Å². The van der Waals surface area contributed by atoms with Gasteiger partial charge in [0.1, 0.15) is 6.10 Å². The SMILES string of the molecule is C[C@@H]1C[C@@]23[C@@H]4CCCN2C[C@H]2O[C@H]2C13[C@@H]1C[C@H]4OC1=O. The van der Waals surface area contributed by atoms with E-state index in [2.05, 4.69) is 11.8 Å². The lowest BCUT2D eigenvalue weighted by atomic mass is 9.34. The average molecular weight is 275 g/mol. The second-order valence-electron chi connectivity index (χ2n) is 8.02. The van der Waals surface area contributed by atoms with Gasteiger partial charge in [0.15, 0.2) is 0 Å². The molecule has 0 aromatic carbocycles. The van der Waals surface area contributed by atoms with Gasteiger partial charge in [0.05, 0.1) is 18.1 Å². The van der Waals surface area contributed by atoms with Gasteiger partial charge in [-0.25, -0.2) is 0 Å². The lowest BCUT2D eigenvalue weighted by molar-refractivity contribution is -0.269. The van der Waals surface area contributed by atoms with Crippen LogP contribution >= 0.6 is 0 Å². The van der Waals surface area contributed by atoms with Crippen molar-refractivity contribution >= 4 is 5.97 Å².